The number of imidazole rings is 1. The Morgan fingerprint density at radius 2 is 1.77 bits per heavy atom. The van der Waals surface area contributed by atoms with Gasteiger partial charge in [0.25, 0.3) is 0 Å². The highest BCUT2D eigenvalue weighted by Gasteiger charge is 2.31. The number of rotatable bonds is 3. The Bertz CT molecular complexity index is 1050. The van der Waals surface area contributed by atoms with Crippen molar-refractivity contribution in [3.8, 4) is 5.82 Å². The first kappa shape index (κ1) is 19.7. The maximum absolute atomic E-state index is 5.85. The predicted octanol–water partition coefficient (Wildman–Crippen LogP) is 3.03. The molecule has 0 saturated carbocycles. The van der Waals surface area contributed by atoms with Gasteiger partial charge in [0.05, 0.1) is 43.0 Å². The molecule has 2 unspecified atom stereocenters. The van der Waals surface area contributed by atoms with Crippen molar-refractivity contribution in [2.75, 3.05) is 49.3 Å². The van der Waals surface area contributed by atoms with Gasteiger partial charge in [-0.05, 0) is 41.9 Å². The summed E-state index contributed by atoms with van der Waals surface area (Å²) in [6.07, 6.45) is 1.96. The minimum atomic E-state index is 0.130. The smallest absolute Gasteiger partial charge is 0.229 e. The molecule has 3 aromatic rings. The molecule has 1 aromatic carbocycles. The third kappa shape index (κ3) is 3.44. The number of nitrogens with zero attached hydrogens (tertiary/aromatic N) is 6. The Hall–Kier alpha value is -2.23. The highest BCUT2D eigenvalue weighted by atomic mass is 79.9. The van der Waals surface area contributed by atoms with E-state index in [1.807, 2.05) is 29.1 Å². The first-order valence-corrected chi connectivity index (χ1v) is 11.1. The fourth-order valence-corrected chi connectivity index (χ4v) is 4.62. The molecule has 4 heterocycles. The van der Waals surface area contributed by atoms with Gasteiger partial charge in [0.2, 0.25) is 5.95 Å². The summed E-state index contributed by atoms with van der Waals surface area (Å²) in [4.78, 5) is 19.0. The second kappa shape index (κ2) is 8.13. The highest BCUT2D eigenvalue weighted by molar-refractivity contribution is 9.10. The summed E-state index contributed by atoms with van der Waals surface area (Å²) in [7, 11) is 0. The molecule has 0 spiro atoms. The molecule has 0 radical (unpaired) electrons. The van der Waals surface area contributed by atoms with Crippen LogP contribution in [0.4, 0.5) is 11.8 Å². The Kier molecular flexibility index (Phi) is 5.34. The first-order valence-electron chi connectivity index (χ1n) is 10.3. The lowest BCUT2D eigenvalue weighted by molar-refractivity contribution is 0.0280. The summed E-state index contributed by atoms with van der Waals surface area (Å²) in [6, 6.07) is 8.29. The number of morpholine rings is 2. The van der Waals surface area contributed by atoms with Crippen molar-refractivity contribution in [1.29, 1.82) is 0 Å². The van der Waals surface area contributed by atoms with Crippen LogP contribution in [-0.4, -0.2) is 71.1 Å². The van der Waals surface area contributed by atoms with Gasteiger partial charge in [0, 0.05) is 19.6 Å². The SMILES string of the molecule is CC1OCCN(c2nc(N3CCOCC3)nc(-n3cnc4ccccc43)c2Br)C1C. The maximum Gasteiger partial charge on any atom is 0.229 e. The van der Waals surface area contributed by atoms with E-state index in [1.54, 1.807) is 0 Å². The molecule has 2 aliphatic heterocycles. The molecule has 0 aliphatic carbocycles. The van der Waals surface area contributed by atoms with Gasteiger partial charge in [-0.25, -0.2) is 4.98 Å². The largest absolute Gasteiger partial charge is 0.378 e. The van der Waals surface area contributed by atoms with Gasteiger partial charge >= 0.3 is 0 Å². The Balaban J connectivity index is 1.67. The summed E-state index contributed by atoms with van der Waals surface area (Å²) >= 11 is 3.83. The minimum Gasteiger partial charge on any atom is -0.378 e. The Morgan fingerprint density at radius 3 is 2.60 bits per heavy atom. The van der Waals surface area contributed by atoms with E-state index >= 15 is 0 Å². The number of anilines is 2. The standard InChI is InChI=1S/C21H25BrN6O2/c1-14-15(2)30-12-9-27(14)19-18(22)20(25-21(24-19)26-7-10-29-11-8-26)28-13-23-16-5-3-4-6-17(16)28/h3-6,13-15H,7-12H2,1-2H3. The van der Waals surface area contributed by atoms with Crippen LogP contribution < -0.4 is 9.80 Å². The van der Waals surface area contributed by atoms with Gasteiger partial charge < -0.3 is 19.3 Å². The van der Waals surface area contributed by atoms with E-state index in [4.69, 9.17) is 19.4 Å². The van der Waals surface area contributed by atoms with Gasteiger partial charge in [-0.15, -0.1) is 0 Å². The quantitative estimate of drug-likeness (QED) is 0.580. The molecule has 2 atom stereocenters. The molecule has 0 N–H and O–H groups in total. The van der Waals surface area contributed by atoms with Crippen molar-refractivity contribution < 1.29 is 9.47 Å². The summed E-state index contributed by atoms with van der Waals surface area (Å²) in [5.41, 5.74) is 1.95. The van der Waals surface area contributed by atoms with Crippen molar-refractivity contribution >= 4 is 38.7 Å². The van der Waals surface area contributed by atoms with Crippen LogP contribution in [0.25, 0.3) is 16.9 Å². The molecule has 158 valence electrons. The fourth-order valence-electron chi connectivity index (χ4n) is 4.03. The zero-order valence-electron chi connectivity index (χ0n) is 17.2. The van der Waals surface area contributed by atoms with Gasteiger partial charge in [0.1, 0.15) is 10.8 Å². The lowest BCUT2D eigenvalue weighted by Crippen LogP contribution is -2.49. The lowest BCUT2D eigenvalue weighted by atomic mass is 10.1. The summed E-state index contributed by atoms with van der Waals surface area (Å²) in [6.45, 7) is 8.68. The van der Waals surface area contributed by atoms with Crippen LogP contribution in [0.3, 0.4) is 0 Å². The molecule has 5 rings (SSSR count). The molecule has 2 saturated heterocycles. The van der Waals surface area contributed by atoms with Gasteiger partial charge in [0.15, 0.2) is 11.6 Å². The number of fused-ring (bicyclic) bond motifs is 1. The zero-order chi connectivity index (χ0) is 20.7. The van der Waals surface area contributed by atoms with Crippen molar-refractivity contribution in [3.63, 3.8) is 0 Å². The second-order valence-electron chi connectivity index (χ2n) is 7.70. The average molecular weight is 473 g/mol. The van der Waals surface area contributed by atoms with Crippen LogP contribution in [0.15, 0.2) is 35.1 Å². The first-order chi connectivity index (χ1) is 14.6. The molecule has 2 aromatic heterocycles. The van der Waals surface area contributed by atoms with Crippen LogP contribution in [0.1, 0.15) is 13.8 Å². The van der Waals surface area contributed by atoms with Crippen LogP contribution in [0, 0.1) is 0 Å². The number of hydrogen-bond acceptors (Lipinski definition) is 7. The van der Waals surface area contributed by atoms with E-state index in [0.717, 1.165) is 52.7 Å². The molecule has 0 bridgehead atoms. The lowest BCUT2D eigenvalue weighted by Gasteiger charge is -2.39. The molecule has 9 heteroatoms. The third-order valence-corrected chi connectivity index (χ3v) is 6.65. The van der Waals surface area contributed by atoms with Gasteiger partial charge in [-0.1, -0.05) is 12.1 Å². The topological polar surface area (TPSA) is 68.5 Å². The Labute approximate surface area is 184 Å². The van der Waals surface area contributed by atoms with Crippen LogP contribution in [0.5, 0.6) is 0 Å². The van der Waals surface area contributed by atoms with Crippen LogP contribution >= 0.6 is 15.9 Å². The normalized spacial score (nSPS) is 22.6. The molecular formula is C21H25BrN6O2. The van der Waals surface area contributed by atoms with E-state index in [0.29, 0.717) is 19.8 Å². The number of benzene rings is 1. The molecule has 0 amide bonds. The highest BCUT2D eigenvalue weighted by Crippen LogP contribution is 2.35. The van der Waals surface area contributed by atoms with Crippen LogP contribution in [0.2, 0.25) is 0 Å². The van der Waals surface area contributed by atoms with E-state index in [-0.39, 0.29) is 12.1 Å². The van der Waals surface area contributed by atoms with E-state index in [1.165, 1.54) is 0 Å². The van der Waals surface area contributed by atoms with Crippen molar-refractivity contribution in [2.24, 2.45) is 0 Å². The van der Waals surface area contributed by atoms with E-state index < -0.39 is 0 Å². The molecule has 30 heavy (non-hydrogen) atoms. The molecule has 2 fully saturated rings. The predicted molar refractivity (Wildman–Crippen MR) is 120 cm³/mol. The fraction of sp³-hybridized carbons (Fsp3) is 0.476. The van der Waals surface area contributed by atoms with Crippen LogP contribution in [-0.2, 0) is 9.47 Å². The molecule has 2 aliphatic rings. The second-order valence-corrected chi connectivity index (χ2v) is 8.49. The number of ether oxygens (including phenoxy) is 2. The summed E-state index contributed by atoms with van der Waals surface area (Å²) in [5, 5.41) is 0. The maximum atomic E-state index is 5.85. The summed E-state index contributed by atoms with van der Waals surface area (Å²) in [5.74, 6) is 2.40. The van der Waals surface area contributed by atoms with Crippen molar-refractivity contribution in [1.82, 2.24) is 19.5 Å². The monoisotopic (exact) mass is 472 g/mol. The van der Waals surface area contributed by atoms with Crippen molar-refractivity contribution in [3.05, 3.63) is 35.1 Å². The van der Waals surface area contributed by atoms with E-state index in [9.17, 15) is 0 Å². The molecule has 8 nitrogen and oxygen atoms in total. The Morgan fingerprint density at radius 1 is 1.00 bits per heavy atom. The minimum absolute atomic E-state index is 0.130. The van der Waals surface area contributed by atoms with E-state index in [2.05, 4.69) is 50.6 Å². The average Bonchev–Trinajstić information content (AvgIpc) is 3.21. The van der Waals surface area contributed by atoms with Gasteiger partial charge in [-0.2, -0.15) is 9.97 Å². The van der Waals surface area contributed by atoms with Crippen molar-refractivity contribution in [2.45, 2.75) is 26.0 Å². The number of para-hydroxylation sites is 2. The number of aromatic nitrogens is 4. The molecular weight excluding hydrogens is 448 g/mol. The number of hydrogen-bond donors (Lipinski definition) is 0. The third-order valence-electron chi connectivity index (χ3n) is 5.94. The summed E-state index contributed by atoms with van der Waals surface area (Å²) < 4.78 is 14.3. The zero-order valence-corrected chi connectivity index (χ0v) is 18.7. The van der Waals surface area contributed by atoms with Gasteiger partial charge in [-0.3, -0.25) is 4.57 Å². The number of halogens is 1.